The van der Waals surface area contributed by atoms with Crippen LogP contribution < -0.4 is 0 Å². The molecule has 0 unspecified atom stereocenters. The predicted octanol–water partition coefficient (Wildman–Crippen LogP) is 3.46. The molecule has 0 aromatic carbocycles. The molecule has 0 N–H and O–H groups in total. The molecule has 3 nitrogen and oxygen atoms in total. The van der Waals surface area contributed by atoms with Crippen molar-refractivity contribution < 1.29 is 4.79 Å². The summed E-state index contributed by atoms with van der Waals surface area (Å²) in [4.78, 5) is 15.2. The van der Waals surface area contributed by atoms with Crippen molar-refractivity contribution in [2.75, 3.05) is 12.4 Å². The van der Waals surface area contributed by atoms with Crippen LogP contribution in [0.3, 0.4) is 0 Å². The molecule has 2 saturated carbocycles. The predicted molar refractivity (Wildman–Crippen MR) is 81.9 cm³/mol. The summed E-state index contributed by atoms with van der Waals surface area (Å²) in [5, 5.41) is 0. The molecule has 2 aliphatic rings. The van der Waals surface area contributed by atoms with Gasteiger partial charge < -0.3 is 4.90 Å². The van der Waals surface area contributed by atoms with Crippen LogP contribution in [0.5, 0.6) is 0 Å². The normalized spacial score (nSPS) is 18.6. The maximum Gasteiger partial charge on any atom is 0.237 e. The van der Waals surface area contributed by atoms with Crippen LogP contribution in [0.15, 0.2) is 6.07 Å². The Kier molecular flexibility index (Phi) is 4.32. The first-order chi connectivity index (χ1) is 9.67. The van der Waals surface area contributed by atoms with Crippen LogP contribution in [-0.2, 0) is 11.3 Å². The van der Waals surface area contributed by atoms with E-state index >= 15 is 0 Å². The first-order valence-corrected chi connectivity index (χ1v) is 8.74. The zero-order valence-electron chi connectivity index (χ0n) is 11.8. The number of aryl methyl sites for hydroxylation is 1. The van der Waals surface area contributed by atoms with Gasteiger partial charge in [0, 0.05) is 11.4 Å². The zero-order valence-corrected chi connectivity index (χ0v) is 13.4. The highest BCUT2D eigenvalue weighted by molar-refractivity contribution is 7.05. The van der Waals surface area contributed by atoms with E-state index in [9.17, 15) is 4.79 Å². The van der Waals surface area contributed by atoms with Crippen LogP contribution >= 0.6 is 23.1 Å². The second-order valence-electron chi connectivity index (χ2n) is 6.18. The summed E-state index contributed by atoms with van der Waals surface area (Å²) in [6.45, 7) is 3.55. The van der Waals surface area contributed by atoms with Crippen molar-refractivity contribution in [1.29, 1.82) is 0 Å². The number of carbonyl (C=O) groups excluding carboxylic acids is 1. The van der Waals surface area contributed by atoms with Gasteiger partial charge in [-0.2, -0.15) is 4.37 Å². The zero-order chi connectivity index (χ0) is 14.1. The number of hydrogen-bond acceptors (Lipinski definition) is 3. The molecule has 20 heavy (non-hydrogen) atoms. The van der Waals surface area contributed by atoms with Crippen molar-refractivity contribution in [3.05, 3.63) is 16.6 Å². The van der Waals surface area contributed by atoms with Gasteiger partial charge >= 0.3 is 0 Å². The quantitative estimate of drug-likeness (QED) is 0.722. The Hall–Kier alpha value is -0.610. The summed E-state index contributed by atoms with van der Waals surface area (Å²) in [5.74, 6) is 2.56. The Bertz CT molecular complexity index is 470. The SMILES string of the molecule is Cc1cc(CN(CC(C2CC2)C2CC2)C(=O)CCl)sn1. The third kappa shape index (κ3) is 3.53. The van der Waals surface area contributed by atoms with Gasteiger partial charge in [0.15, 0.2) is 0 Å². The number of rotatable bonds is 7. The summed E-state index contributed by atoms with van der Waals surface area (Å²) < 4.78 is 4.30. The van der Waals surface area contributed by atoms with Crippen molar-refractivity contribution >= 4 is 29.0 Å². The largest absolute Gasteiger partial charge is 0.336 e. The molecule has 3 rings (SSSR count). The van der Waals surface area contributed by atoms with E-state index in [1.54, 1.807) is 0 Å². The van der Waals surface area contributed by atoms with Crippen molar-refractivity contribution in [3.63, 3.8) is 0 Å². The van der Waals surface area contributed by atoms with Crippen LogP contribution in [0.1, 0.15) is 36.3 Å². The van der Waals surface area contributed by atoms with E-state index in [2.05, 4.69) is 10.4 Å². The molecule has 1 aromatic rings. The molecular weight excluding hydrogens is 292 g/mol. The van der Waals surface area contributed by atoms with E-state index in [0.29, 0.717) is 12.5 Å². The molecule has 1 aromatic heterocycles. The first-order valence-electron chi connectivity index (χ1n) is 7.43. The van der Waals surface area contributed by atoms with Crippen LogP contribution in [0.25, 0.3) is 0 Å². The molecule has 0 spiro atoms. The Morgan fingerprint density at radius 3 is 2.55 bits per heavy atom. The molecule has 0 radical (unpaired) electrons. The molecule has 0 bridgehead atoms. The maximum atomic E-state index is 12.1. The van der Waals surface area contributed by atoms with E-state index in [1.807, 2.05) is 11.8 Å². The fourth-order valence-electron chi connectivity index (χ4n) is 3.00. The number of alkyl halides is 1. The Balaban J connectivity index is 1.66. The molecular formula is C15H21ClN2OS. The Morgan fingerprint density at radius 1 is 1.45 bits per heavy atom. The van der Waals surface area contributed by atoms with Gasteiger partial charge in [0.2, 0.25) is 5.91 Å². The van der Waals surface area contributed by atoms with E-state index in [1.165, 1.54) is 37.2 Å². The average Bonchev–Trinajstić information content (AvgIpc) is 3.34. The molecule has 2 aliphatic carbocycles. The van der Waals surface area contributed by atoms with Gasteiger partial charge in [-0.25, -0.2) is 0 Å². The van der Waals surface area contributed by atoms with Crippen LogP contribution in [0, 0.1) is 24.7 Å². The molecule has 1 heterocycles. The third-order valence-electron chi connectivity index (χ3n) is 4.38. The lowest BCUT2D eigenvalue weighted by Crippen LogP contribution is -2.36. The Morgan fingerprint density at radius 2 is 2.10 bits per heavy atom. The molecule has 0 aliphatic heterocycles. The van der Waals surface area contributed by atoms with Gasteiger partial charge in [0.1, 0.15) is 5.88 Å². The van der Waals surface area contributed by atoms with E-state index in [0.717, 1.165) is 29.0 Å². The first kappa shape index (κ1) is 14.3. The lowest BCUT2D eigenvalue weighted by Gasteiger charge is -2.27. The number of carbonyl (C=O) groups is 1. The number of halogens is 1. The standard InChI is InChI=1S/C15H21ClN2OS/c1-10-6-13(20-17-10)8-18(15(19)7-16)9-14(11-2-3-11)12-4-5-12/h6,11-12,14H,2-5,7-9H2,1H3. The van der Waals surface area contributed by atoms with Crippen LogP contribution in [-0.4, -0.2) is 27.6 Å². The molecule has 0 saturated heterocycles. The van der Waals surface area contributed by atoms with Gasteiger partial charge in [-0.05, 0) is 68.0 Å². The second-order valence-corrected chi connectivity index (χ2v) is 7.34. The highest BCUT2D eigenvalue weighted by Crippen LogP contribution is 2.49. The van der Waals surface area contributed by atoms with Crippen molar-refractivity contribution in [1.82, 2.24) is 9.27 Å². The lowest BCUT2D eigenvalue weighted by molar-refractivity contribution is -0.129. The summed E-state index contributed by atoms with van der Waals surface area (Å²) in [6.07, 6.45) is 5.40. The van der Waals surface area contributed by atoms with Gasteiger partial charge in [0.25, 0.3) is 0 Å². The van der Waals surface area contributed by atoms with E-state index in [4.69, 9.17) is 11.6 Å². The average molecular weight is 313 g/mol. The van der Waals surface area contributed by atoms with Crippen molar-refractivity contribution in [2.45, 2.75) is 39.2 Å². The number of nitrogens with zero attached hydrogens (tertiary/aromatic N) is 2. The second kappa shape index (κ2) is 6.02. The lowest BCUT2D eigenvalue weighted by atomic mass is 9.97. The molecule has 110 valence electrons. The van der Waals surface area contributed by atoms with Gasteiger partial charge in [-0.15, -0.1) is 11.6 Å². The van der Waals surface area contributed by atoms with Gasteiger partial charge in [-0.3, -0.25) is 4.79 Å². The number of amides is 1. The minimum absolute atomic E-state index is 0.0593. The maximum absolute atomic E-state index is 12.1. The van der Waals surface area contributed by atoms with Crippen LogP contribution in [0.2, 0.25) is 0 Å². The third-order valence-corrected chi connectivity index (χ3v) is 5.47. The fourth-order valence-corrected chi connectivity index (χ4v) is 3.92. The summed E-state index contributed by atoms with van der Waals surface area (Å²) in [5.41, 5.74) is 1.03. The highest BCUT2D eigenvalue weighted by atomic mass is 35.5. The minimum atomic E-state index is 0.0593. The minimum Gasteiger partial charge on any atom is -0.336 e. The molecule has 0 atom stereocenters. The highest BCUT2D eigenvalue weighted by Gasteiger charge is 2.42. The van der Waals surface area contributed by atoms with Crippen molar-refractivity contribution in [2.24, 2.45) is 17.8 Å². The molecule has 5 heteroatoms. The van der Waals surface area contributed by atoms with Crippen molar-refractivity contribution in [3.8, 4) is 0 Å². The number of aromatic nitrogens is 1. The summed E-state index contributed by atoms with van der Waals surface area (Å²) >= 11 is 7.28. The smallest absolute Gasteiger partial charge is 0.237 e. The topological polar surface area (TPSA) is 33.2 Å². The van der Waals surface area contributed by atoms with Gasteiger partial charge in [0.05, 0.1) is 12.2 Å². The molecule has 2 fully saturated rings. The summed E-state index contributed by atoms with van der Waals surface area (Å²) in [7, 11) is 0. The summed E-state index contributed by atoms with van der Waals surface area (Å²) in [6, 6.07) is 2.07. The van der Waals surface area contributed by atoms with E-state index < -0.39 is 0 Å². The number of hydrogen-bond donors (Lipinski definition) is 0. The van der Waals surface area contributed by atoms with Gasteiger partial charge in [-0.1, -0.05) is 0 Å². The fraction of sp³-hybridized carbons (Fsp3) is 0.733. The van der Waals surface area contributed by atoms with Crippen LogP contribution in [0.4, 0.5) is 0 Å². The molecule has 1 amide bonds. The Labute approximate surface area is 129 Å². The monoisotopic (exact) mass is 312 g/mol. The van der Waals surface area contributed by atoms with E-state index in [-0.39, 0.29) is 11.8 Å².